The number of fused-ring (bicyclic) bond motifs is 1. The number of ketones is 1. The fourth-order valence-corrected chi connectivity index (χ4v) is 3.76. The molecule has 0 aliphatic heterocycles. The van der Waals surface area contributed by atoms with Crippen molar-refractivity contribution in [3.8, 4) is 0 Å². The molecule has 0 aromatic heterocycles. The molecule has 104 valence electrons. The van der Waals surface area contributed by atoms with Crippen LogP contribution in [0.15, 0.2) is 24.3 Å². The number of Topliss-reactive ketones (excluding diaryl/α,β-unsaturated/α-hetero) is 1. The molecule has 2 aliphatic carbocycles. The van der Waals surface area contributed by atoms with Gasteiger partial charge in [-0.25, -0.2) is 0 Å². The maximum Gasteiger partial charge on any atom is 0.306 e. The van der Waals surface area contributed by atoms with E-state index in [0.29, 0.717) is 12.8 Å². The molecule has 0 fully saturated rings. The lowest BCUT2D eigenvalue weighted by molar-refractivity contribution is -0.148. The van der Waals surface area contributed by atoms with Gasteiger partial charge in [-0.05, 0) is 43.4 Å². The van der Waals surface area contributed by atoms with Gasteiger partial charge in [-0.1, -0.05) is 24.3 Å². The van der Waals surface area contributed by atoms with Crippen molar-refractivity contribution in [2.45, 2.75) is 45.4 Å². The Bertz CT molecular complexity index is 413. The maximum atomic E-state index is 11.8. The third-order valence-electron chi connectivity index (χ3n) is 4.79. The predicted molar refractivity (Wildman–Crippen MR) is 73.5 cm³/mol. The summed E-state index contributed by atoms with van der Waals surface area (Å²) in [5.41, 5.74) is -0.244. The molecule has 0 aromatic carbocycles. The van der Waals surface area contributed by atoms with Gasteiger partial charge in [0.15, 0.2) is 0 Å². The van der Waals surface area contributed by atoms with Gasteiger partial charge < -0.3 is 9.53 Å². The van der Waals surface area contributed by atoms with Gasteiger partial charge >= 0.3 is 5.97 Å². The third kappa shape index (κ3) is 2.51. The van der Waals surface area contributed by atoms with Crippen LogP contribution in [-0.2, 0) is 14.3 Å². The van der Waals surface area contributed by atoms with Crippen LogP contribution in [0.3, 0.4) is 0 Å². The molecule has 0 radical (unpaired) electrons. The van der Waals surface area contributed by atoms with E-state index < -0.39 is 0 Å². The Morgan fingerprint density at radius 1 is 0.947 bits per heavy atom. The Balaban J connectivity index is 2.37. The molecule has 0 aromatic rings. The van der Waals surface area contributed by atoms with E-state index in [-0.39, 0.29) is 22.6 Å². The lowest BCUT2D eigenvalue weighted by atomic mass is 9.50. The van der Waals surface area contributed by atoms with Crippen molar-refractivity contribution in [3.63, 3.8) is 0 Å². The lowest BCUT2D eigenvalue weighted by Gasteiger charge is -2.53. The van der Waals surface area contributed by atoms with Crippen LogP contribution in [0.5, 0.6) is 0 Å². The normalized spacial score (nSPS) is 32.7. The van der Waals surface area contributed by atoms with Crippen LogP contribution in [0.1, 0.15) is 45.4 Å². The number of rotatable bonds is 4. The number of hydrogen-bond acceptors (Lipinski definition) is 3. The van der Waals surface area contributed by atoms with Gasteiger partial charge in [0.1, 0.15) is 5.78 Å². The Kier molecular flexibility index (Phi) is 3.93. The zero-order valence-corrected chi connectivity index (χ0v) is 11.8. The summed E-state index contributed by atoms with van der Waals surface area (Å²) in [6, 6.07) is 0. The summed E-state index contributed by atoms with van der Waals surface area (Å²) < 4.78 is 4.87. The Hall–Kier alpha value is -1.38. The van der Waals surface area contributed by atoms with Gasteiger partial charge in [-0.2, -0.15) is 0 Å². The lowest BCUT2D eigenvalue weighted by Crippen LogP contribution is -2.47. The molecule has 0 saturated heterocycles. The van der Waals surface area contributed by atoms with Gasteiger partial charge in [0, 0.05) is 6.42 Å². The van der Waals surface area contributed by atoms with Crippen LogP contribution < -0.4 is 0 Å². The average molecular weight is 262 g/mol. The smallest absolute Gasteiger partial charge is 0.306 e. The van der Waals surface area contributed by atoms with Crippen molar-refractivity contribution in [2.24, 2.45) is 10.8 Å². The topological polar surface area (TPSA) is 43.4 Å². The number of esters is 1. The second-order valence-electron chi connectivity index (χ2n) is 5.95. The van der Waals surface area contributed by atoms with E-state index in [1.54, 1.807) is 6.92 Å². The molecule has 3 nitrogen and oxygen atoms in total. The molecule has 3 heteroatoms. The van der Waals surface area contributed by atoms with E-state index in [9.17, 15) is 9.59 Å². The Morgan fingerprint density at radius 3 is 1.74 bits per heavy atom. The predicted octanol–water partition coefficient (Wildman–Crippen LogP) is 3.20. The third-order valence-corrected chi connectivity index (χ3v) is 4.79. The van der Waals surface area contributed by atoms with Gasteiger partial charge in [0.25, 0.3) is 0 Å². The second-order valence-corrected chi connectivity index (χ2v) is 5.95. The Morgan fingerprint density at radius 2 is 1.37 bits per heavy atom. The minimum Gasteiger partial charge on any atom is -0.469 e. The molecule has 2 aliphatic rings. The number of methoxy groups -OCH3 is 1. The van der Waals surface area contributed by atoms with Crippen molar-refractivity contribution in [2.75, 3.05) is 7.11 Å². The second kappa shape index (κ2) is 5.32. The van der Waals surface area contributed by atoms with E-state index >= 15 is 0 Å². The molecule has 2 rings (SSSR count). The maximum absolute atomic E-state index is 11.8. The van der Waals surface area contributed by atoms with Crippen LogP contribution in [-0.4, -0.2) is 18.9 Å². The summed E-state index contributed by atoms with van der Waals surface area (Å²) in [5.74, 6) is 0.0402. The van der Waals surface area contributed by atoms with E-state index in [1.165, 1.54) is 7.11 Å². The number of hydrogen-bond donors (Lipinski definition) is 0. The van der Waals surface area contributed by atoms with E-state index in [2.05, 4.69) is 24.3 Å². The van der Waals surface area contributed by atoms with E-state index in [1.807, 2.05) is 0 Å². The summed E-state index contributed by atoms with van der Waals surface area (Å²) in [6.07, 6.45) is 13.1. The van der Waals surface area contributed by atoms with Crippen LogP contribution >= 0.6 is 0 Å². The van der Waals surface area contributed by atoms with Crippen molar-refractivity contribution < 1.29 is 14.3 Å². The fourth-order valence-electron chi connectivity index (χ4n) is 3.76. The summed E-state index contributed by atoms with van der Waals surface area (Å²) in [7, 11) is 1.43. The number of allylic oxidation sites excluding steroid dienone is 4. The number of carbonyl (C=O) groups excluding carboxylic acids is 2. The van der Waals surface area contributed by atoms with Gasteiger partial charge in [-0.3, -0.25) is 4.79 Å². The van der Waals surface area contributed by atoms with Gasteiger partial charge in [-0.15, -0.1) is 0 Å². The highest BCUT2D eigenvalue weighted by atomic mass is 16.5. The molecule has 0 amide bonds. The number of ether oxygens (including phenoxy) is 1. The SMILES string of the molecule is COC(=O)CC12CC=CCC1(CC(C)=O)CC=CC2. The fraction of sp³-hybridized carbons (Fsp3) is 0.625. The summed E-state index contributed by atoms with van der Waals surface area (Å²) in [5, 5.41) is 0. The first-order valence-electron chi connectivity index (χ1n) is 6.90. The van der Waals surface area contributed by atoms with Crippen molar-refractivity contribution in [1.29, 1.82) is 0 Å². The van der Waals surface area contributed by atoms with Crippen molar-refractivity contribution in [3.05, 3.63) is 24.3 Å². The first-order valence-corrected chi connectivity index (χ1v) is 6.90. The highest BCUT2D eigenvalue weighted by Crippen LogP contribution is 2.59. The van der Waals surface area contributed by atoms with Gasteiger partial charge in [0.05, 0.1) is 13.5 Å². The largest absolute Gasteiger partial charge is 0.469 e. The molecule has 0 heterocycles. The highest BCUT2D eigenvalue weighted by Gasteiger charge is 2.52. The first kappa shape index (κ1) is 14.0. The van der Waals surface area contributed by atoms with Crippen LogP contribution in [0, 0.1) is 10.8 Å². The van der Waals surface area contributed by atoms with E-state index in [4.69, 9.17) is 4.74 Å². The molecule has 0 N–H and O–H groups in total. The average Bonchev–Trinajstić information content (AvgIpc) is 2.38. The molecule has 19 heavy (non-hydrogen) atoms. The molecule has 0 spiro atoms. The minimum atomic E-state index is -0.168. The van der Waals surface area contributed by atoms with Crippen LogP contribution in [0.2, 0.25) is 0 Å². The van der Waals surface area contributed by atoms with Crippen LogP contribution in [0.25, 0.3) is 0 Å². The zero-order chi connectivity index (χ0) is 13.9. The molecule has 0 unspecified atom stereocenters. The summed E-state index contributed by atoms with van der Waals surface area (Å²) in [4.78, 5) is 23.5. The van der Waals surface area contributed by atoms with Crippen molar-refractivity contribution >= 4 is 11.8 Å². The standard InChI is InChI=1S/C16H22O3/c1-13(17)11-15-7-3-5-9-16(15,10-6-4-8-15)12-14(18)19-2/h3-6H,7-12H2,1-2H3. The molecule has 0 bridgehead atoms. The monoisotopic (exact) mass is 262 g/mol. The summed E-state index contributed by atoms with van der Waals surface area (Å²) >= 11 is 0. The molecule has 0 saturated carbocycles. The molecular weight excluding hydrogens is 240 g/mol. The summed E-state index contributed by atoms with van der Waals surface area (Å²) in [6.45, 7) is 1.65. The van der Waals surface area contributed by atoms with Crippen molar-refractivity contribution in [1.82, 2.24) is 0 Å². The number of carbonyl (C=O) groups is 2. The molecule has 0 atom stereocenters. The minimum absolute atomic E-state index is 0.101. The van der Waals surface area contributed by atoms with Crippen LogP contribution in [0.4, 0.5) is 0 Å². The first-order chi connectivity index (χ1) is 9.04. The Labute approximate surface area is 114 Å². The highest BCUT2D eigenvalue weighted by molar-refractivity contribution is 5.77. The zero-order valence-electron chi connectivity index (χ0n) is 11.8. The van der Waals surface area contributed by atoms with E-state index in [0.717, 1.165) is 25.7 Å². The quantitative estimate of drug-likeness (QED) is 0.577. The molecular formula is C16H22O3. The van der Waals surface area contributed by atoms with Gasteiger partial charge in [0.2, 0.25) is 0 Å².